The molecule has 3 rings (SSSR count). The van der Waals surface area contributed by atoms with E-state index in [1.807, 2.05) is 12.1 Å². The molecule has 0 fully saturated rings. The average molecular weight is 569 g/mol. The van der Waals surface area contributed by atoms with Crippen LogP contribution in [0.4, 0.5) is 18.0 Å². The van der Waals surface area contributed by atoms with E-state index in [0.717, 1.165) is 23.6 Å². The van der Waals surface area contributed by atoms with Crippen LogP contribution in [0.1, 0.15) is 51.2 Å². The van der Waals surface area contributed by atoms with E-state index in [4.69, 9.17) is 4.74 Å². The van der Waals surface area contributed by atoms with Gasteiger partial charge in [0.15, 0.2) is 0 Å². The van der Waals surface area contributed by atoms with Crippen molar-refractivity contribution >= 4 is 46.1 Å². The van der Waals surface area contributed by atoms with E-state index in [0.29, 0.717) is 17.4 Å². The second kappa shape index (κ2) is 11.8. The molecule has 0 spiro atoms. The van der Waals surface area contributed by atoms with Gasteiger partial charge in [-0.05, 0) is 44.5 Å². The first kappa shape index (κ1) is 29.5. The highest BCUT2D eigenvalue weighted by Gasteiger charge is 2.39. The van der Waals surface area contributed by atoms with Crippen molar-refractivity contribution in [1.29, 1.82) is 0 Å². The van der Waals surface area contributed by atoms with Gasteiger partial charge in [0.25, 0.3) is 11.8 Å². The lowest BCUT2D eigenvalue weighted by Gasteiger charge is -2.21. The molecule has 2 heterocycles. The van der Waals surface area contributed by atoms with E-state index in [1.54, 1.807) is 39.1 Å². The summed E-state index contributed by atoms with van der Waals surface area (Å²) in [4.78, 5) is 51.5. The quantitative estimate of drug-likeness (QED) is 0.304. The van der Waals surface area contributed by atoms with Crippen molar-refractivity contribution < 1.29 is 41.8 Å². The Kier molecular flexibility index (Phi) is 8.89. The highest BCUT2D eigenvalue weighted by molar-refractivity contribution is 7.16. The lowest BCUT2D eigenvalue weighted by atomic mass is 10.1. The number of ether oxygens (including phenoxy) is 2. The molecule has 0 saturated carbocycles. The van der Waals surface area contributed by atoms with Gasteiger partial charge in [-0.15, -0.1) is 11.3 Å². The molecule has 39 heavy (non-hydrogen) atoms. The normalized spacial score (nSPS) is 12.5. The number of halogens is 3. The van der Waals surface area contributed by atoms with Gasteiger partial charge >= 0.3 is 18.2 Å². The number of hydrogen-bond acceptors (Lipinski definition) is 7. The number of rotatable bonds is 8. The number of alkyl carbamates (subject to hydrolysis) is 1. The Hall–Kier alpha value is -4.07. The zero-order valence-electron chi connectivity index (χ0n) is 21.4. The van der Waals surface area contributed by atoms with Crippen LogP contribution in [0.3, 0.4) is 0 Å². The molecular weight excluding hydrogens is 541 g/mol. The summed E-state index contributed by atoms with van der Waals surface area (Å²) in [5.41, 5.74) is -0.618. The molecule has 0 aliphatic carbocycles. The number of esters is 1. The zero-order valence-corrected chi connectivity index (χ0v) is 22.3. The fourth-order valence-corrected chi connectivity index (χ4v) is 4.51. The summed E-state index contributed by atoms with van der Waals surface area (Å²) in [6.07, 6.45) is -4.15. The molecule has 0 radical (unpaired) electrons. The minimum absolute atomic E-state index is 0.0373. The number of H-pyrrole nitrogens is 1. The summed E-state index contributed by atoms with van der Waals surface area (Å²) in [6, 6.07) is 6.23. The van der Waals surface area contributed by atoms with Gasteiger partial charge in [0.2, 0.25) is 0 Å². The van der Waals surface area contributed by atoms with Crippen LogP contribution in [0.25, 0.3) is 10.9 Å². The summed E-state index contributed by atoms with van der Waals surface area (Å²) in [7, 11) is 1.01. The smallest absolute Gasteiger partial charge is 0.418 e. The number of benzene rings is 1. The van der Waals surface area contributed by atoms with Crippen molar-refractivity contribution in [3.8, 4) is 0 Å². The minimum atomic E-state index is -4.96. The van der Waals surface area contributed by atoms with E-state index in [2.05, 4.69) is 25.7 Å². The number of thiophene rings is 1. The van der Waals surface area contributed by atoms with E-state index in [-0.39, 0.29) is 11.4 Å². The Balaban J connectivity index is 1.77. The van der Waals surface area contributed by atoms with Gasteiger partial charge in [0, 0.05) is 23.6 Å². The number of carbonyl (C=O) groups excluding carboxylic acids is 4. The van der Waals surface area contributed by atoms with Crippen LogP contribution < -0.4 is 16.0 Å². The third kappa shape index (κ3) is 7.72. The van der Waals surface area contributed by atoms with Crippen LogP contribution in [-0.4, -0.2) is 54.2 Å². The molecule has 3 aromatic rings. The van der Waals surface area contributed by atoms with Gasteiger partial charge in [0.05, 0.1) is 24.1 Å². The van der Waals surface area contributed by atoms with Crippen LogP contribution in [-0.2, 0) is 27.0 Å². The second-order valence-corrected chi connectivity index (χ2v) is 10.4. The third-order valence-corrected chi connectivity index (χ3v) is 6.37. The molecule has 2 aromatic heterocycles. The predicted octanol–water partition coefficient (Wildman–Crippen LogP) is 3.97. The summed E-state index contributed by atoms with van der Waals surface area (Å²) in [5, 5.41) is 7.81. The molecule has 0 aliphatic heterocycles. The van der Waals surface area contributed by atoms with Gasteiger partial charge in [-0.25, -0.2) is 9.59 Å². The number of nitrogens with one attached hydrogen (secondary N) is 4. The summed E-state index contributed by atoms with van der Waals surface area (Å²) in [5.74, 6) is -3.10. The third-order valence-electron chi connectivity index (χ3n) is 5.23. The topological polar surface area (TPSA) is 139 Å². The maximum absolute atomic E-state index is 13.8. The Morgan fingerprint density at radius 3 is 2.41 bits per heavy atom. The minimum Gasteiger partial charge on any atom is -0.467 e. The zero-order chi connectivity index (χ0) is 29.0. The van der Waals surface area contributed by atoms with Crippen molar-refractivity contribution in [2.24, 2.45) is 0 Å². The van der Waals surface area contributed by atoms with E-state index < -0.39 is 58.7 Å². The molecule has 210 valence electrons. The van der Waals surface area contributed by atoms with Crippen LogP contribution in [0.5, 0.6) is 0 Å². The van der Waals surface area contributed by atoms with Crippen molar-refractivity contribution in [3.63, 3.8) is 0 Å². The molecular formula is C25H27F3N4O6S. The van der Waals surface area contributed by atoms with Gasteiger partial charge in [-0.1, -0.05) is 12.1 Å². The molecule has 14 heteroatoms. The number of hydrogen-bond donors (Lipinski definition) is 4. The molecule has 1 unspecified atom stereocenters. The van der Waals surface area contributed by atoms with Crippen molar-refractivity contribution in [1.82, 2.24) is 20.9 Å². The van der Waals surface area contributed by atoms with Gasteiger partial charge < -0.3 is 30.4 Å². The number of alkyl halides is 3. The SMILES string of the molecule is COC(=O)C(CNC(=O)OC(C)(C)C)NC(=O)c1sc(C(=O)NCc2cccc3[nH]ccc23)cc1C(F)(F)F. The first-order valence-corrected chi connectivity index (χ1v) is 12.4. The fraction of sp³-hybridized carbons (Fsp3) is 0.360. The van der Waals surface area contributed by atoms with Crippen LogP contribution in [0, 0.1) is 0 Å². The van der Waals surface area contributed by atoms with Crippen LogP contribution in [0.15, 0.2) is 36.5 Å². The van der Waals surface area contributed by atoms with Gasteiger partial charge in [0.1, 0.15) is 16.5 Å². The highest BCUT2D eigenvalue weighted by atomic mass is 32.1. The van der Waals surface area contributed by atoms with E-state index in [1.165, 1.54) is 0 Å². The molecule has 1 atom stereocenters. The first-order valence-electron chi connectivity index (χ1n) is 11.6. The largest absolute Gasteiger partial charge is 0.467 e. The Morgan fingerprint density at radius 2 is 1.77 bits per heavy atom. The average Bonchev–Trinajstić information content (AvgIpc) is 3.51. The molecule has 0 aliphatic rings. The summed E-state index contributed by atoms with van der Waals surface area (Å²) >= 11 is 0.322. The number of fused-ring (bicyclic) bond motifs is 1. The fourth-order valence-electron chi connectivity index (χ4n) is 3.51. The standard InChI is InChI=1S/C25H27F3N4O6S/c1-24(2,3)38-23(36)31-12-17(22(35)37-4)32-21(34)19-15(25(26,27)28)10-18(39-19)20(33)30-11-13-6-5-7-16-14(13)8-9-29-16/h5-10,17,29H,11-12H2,1-4H3,(H,30,33)(H,31,36)(H,32,34). The van der Waals surface area contributed by atoms with E-state index in [9.17, 15) is 32.3 Å². The summed E-state index contributed by atoms with van der Waals surface area (Å²) in [6.45, 7) is 4.34. The van der Waals surface area contributed by atoms with Crippen LogP contribution >= 0.6 is 11.3 Å². The number of carbonyl (C=O) groups is 4. The highest BCUT2D eigenvalue weighted by Crippen LogP contribution is 2.37. The van der Waals surface area contributed by atoms with E-state index >= 15 is 0 Å². The molecule has 0 saturated heterocycles. The monoisotopic (exact) mass is 568 g/mol. The number of aromatic amines is 1. The molecule has 10 nitrogen and oxygen atoms in total. The van der Waals surface area contributed by atoms with Crippen molar-refractivity contribution in [2.45, 2.75) is 45.1 Å². The molecule has 0 bridgehead atoms. The van der Waals surface area contributed by atoms with Crippen LogP contribution in [0.2, 0.25) is 0 Å². The van der Waals surface area contributed by atoms with Crippen molar-refractivity contribution in [2.75, 3.05) is 13.7 Å². The Bertz CT molecular complexity index is 1380. The maximum Gasteiger partial charge on any atom is 0.418 e. The lowest BCUT2D eigenvalue weighted by Crippen LogP contribution is -2.49. The maximum atomic E-state index is 13.8. The Labute approximate surface area is 225 Å². The molecule has 4 N–H and O–H groups in total. The Morgan fingerprint density at radius 1 is 1.05 bits per heavy atom. The molecule has 1 aromatic carbocycles. The van der Waals surface area contributed by atoms with Gasteiger partial charge in [-0.2, -0.15) is 13.2 Å². The number of methoxy groups -OCH3 is 1. The summed E-state index contributed by atoms with van der Waals surface area (Å²) < 4.78 is 51.0. The second-order valence-electron chi connectivity index (χ2n) is 9.32. The lowest BCUT2D eigenvalue weighted by molar-refractivity contribution is -0.142. The predicted molar refractivity (Wildman–Crippen MR) is 136 cm³/mol. The van der Waals surface area contributed by atoms with Gasteiger partial charge in [-0.3, -0.25) is 9.59 Å². The first-order chi connectivity index (χ1) is 18.2. The number of aromatic nitrogens is 1. The molecule has 3 amide bonds. The van der Waals surface area contributed by atoms with Crippen molar-refractivity contribution in [3.05, 3.63) is 57.4 Å². The number of amides is 3.